The summed E-state index contributed by atoms with van der Waals surface area (Å²) in [6.07, 6.45) is 2.31. The molecule has 2 N–H and O–H groups in total. The average Bonchev–Trinajstić information content (AvgIpc) is 3.38. The molecule has 0 bridgehead atoms. The fourth-order valence-corrected chi connectivity index (χ4v) is 4.06. The Morgan fingerprint density at radius 3 is 2.40 bits per heavy atom. The van der Waals surface area contributed by atoms with E-state index >= 15 is 0 Å². The van der Waals surface area contributed by atoms with E-state index < -0.39 is 17.5 Å². The summed E-state index contributed by atoms with van der Waals surface area (Å²) >= 11 is 1.49. The number of halogens is 1. The number of urea groups is 1. The Bertz CT molecular complexity index is 1070. The van der Waals surface area contributed by atoms with Crippen molar-refractivity contribution in [3.05, 3.63) is 77.1 Å². The zero-order valence-electron chi connectivity index (χ0n) is 15.7. The van der Waals surface area contributed by atoms with Crippen LogP contribution in [-0.2, 0) is 21.7 Å². The van der Waals surface area contributed by atoms with E-state index in [1.54, 1.807) is 30.5 Å². The van der Waals surface area contributed by atoms with Crippen LogP contribution in [0, 0.1) is 5.82 Å². The van der Waals surface area contributed by atoms with Crippen molar-refractivity contribution < 1.29 is 18.8 Å². The van der Waals surface area contributed by atoms with Gasteiger partial charge in [0.05, 0.1) is 6.54 Å². The lowest BCUT2D eigenvalue weighted by atomic mass is 9.88. The highest BCUT2D eigenvalue weighted by Gasteiger charge is 2.48. The number of carbonyl (C=O) groups is 3. The number of imide groups is 1. The van der Waals surface area contributed by atoms with Crippen molar-refractivity contribution in [1.82, 2.24) is 20.5 Å². The summed E-state index contributed by atoms with van der Waals surface area (Å²) in [6, 6.07) is 12.2. The van der Waals surface area contributed by atoms with Gasteiger partial charge < -0.3 is 10.2 Å². The van der Waals surface area contributed by atoms with E-state index in [4.69, 9.17) is 0 Å². The third-order valence-corrected chi connectivity index (χ3v) is 5.71. The van der Waals surface area contributed by atoms with Gasteiger partial charge in [-0.15, -0.1) is 11.3 Å². The molecule has 7 nitrogen and oxygen atoms in total. The monoisotopic (exact) mass is 424 g/mol. The lowest BCUT2D eigenvalue weighted by molar-refractivity contribution is -0.127. The molecule has 1 aromatic heterocycles. The van der Waals surface area contributed by atoms with Crippen LogP contribution in [0.2, 0.25) is 0 Å². The van der Waals surface area contributed by atoms with Crippen LogP contribution >= 0.6 is 11.3 Å². The van der Waals surface area contributed by atoms with Crippen LogP contribution in [0.5, 0.6) is 0 Å². The van der Waals surface area contributed by atoms with E-state index in [-0.39, 0.29) is 18.9 Å². The van der Waals surface area contributed by atoms with Crippen molar-refractivity contribution in [3.8, 4) is 10.6 Å². The van der Waals surface area contributed by atoms with Crippen molar-refractivity contribution in [2.45, 2.75) is 12.1 Å². The topological polar surface area (TPSA) is 91.4 Å². The number of rotatable bonds is 7. The molecule has 1 atom stereocenters. The summed E-state index contributed by atoms with van der Waals surface area (Å²) in [5.74, 6) is -0.920. The third-order valence-electron chi connectivity index (χ3n) is 4.89. The number of amides is 4. The Labute approximate surface area is 175 Å². The van der Waals surface area contributed by atoms with Crippen LogP contribution in [-0.4, -0.2) is 34.8 Å². The van der Waals surface area contributed by atoms with Gasteiger partial charge in [-0.3, -0.25) is 14.9 Å². The van der Waals surface area contributed by atoms with Crippen molar-refractivity contribution >= 4 is 29.7 Å². The number of thiazole rings is 1. The van der Waals surface area contributed by atoms with Gasteiger partial charge in [0.15, 0.2) is 5.54 Å². The second-order valence-corrected chi connectivity index (χ2v) is 7.76. The molecule has 2 aromatic carbocycles. The van der Waals surface area contributed by atoms with E-state index in [1.165, 1.54) is 28.4 Å². The SMILES string of the molecule is O=CN(Cc1ccc(F)cc1)C[C@@]1(c2ccc(-c3nccs3)cc2)NC(=O)NC1=O. The Morgan fingerprint density at radius 1 is 1.10 bits per heavy atom. The van der Waals surface area contributed by atoms with Gasteiger partial charge in [0, 0.05) is 23.7 Å². The molecule has 0 radical (unpaired) electrons. The minimum Gasteiger partial charge on any atom is -0.338 e. The number of carbonyl (C=O) groups excluding carboxylic acids is 3. The first kappa shape index (κ1) is 19.7. The van der Waals surface area contributed by atoms with Crippen LogP contribution in [0.25, 0.3) is 10.6 Å². The number of aromatic nitrogens is 1. The van der Waals surface area contributed by atoms with Crippen molar-refractivity contribution in [2.75, 3.05) is 6.54 Å². The first-order valence-electron chi connectivity index (χ1n) is 9.08. The van der Waals surface area contributed by atoms with Gasteiger partial charge in [0.2, 0.25) is 6.41 Å². The van der Waals surface area contributed by atoms with Crippen LogP contribution in [0.1, 0.15) is 11.1 Å². The molecule has 4 rings (SSSR count). The summed E-state index contributed by atoms with van der Waals surface area (Å²) < 4.78 is 13.2. The van der Waals surface area contributed by atoms with Gasteiger partial charge in [0.25, 0.3) is 5.91 Å². The molecule has 0 unspecified atom stereocenters. The fraction of sp³-hybridized carbons (Fsp3) is 0.143. The van der Waals surface area contributed by atoms with Crippen LogP contribution < -0.4 is 10.6 Å². The van der Waals surface area contributed by atoms with Gasteiger partial charge in [-0.05, 0) is 23.3 Å². The molecule has 30 heavy (non-hydrogen) atoms. The molecule has 1 saturated heterocycles. The lowest BCUT2D eigenvalue weighted by Crippen LogP contribution is -2.52. The molecule has 1 aliphatic heterocycles. The van der Waals surface area contributed by atoms with E-state index in [9.17, 15) is 18.8 Å². The van der Waals surface area contributed by atoms with Crippen LogP contribution in [0.3, 0.4) is 0 Å². The predicted molar refractivity (Wildman–Crippen MR) is 109 cm³/mol. The second-order valence-electron chi connectivity index (χ2n) is 6.87. The highest BCUT2D eigenvalue weighted by atomic mass is 32.1. The average molecular weight is 424 g/mol. The minimum absolute atomic E-state index is 0.0813. The highest BCUT2D eigenvalue weighted by molar-refractivity contribution is 7.13. The predicted octanol–water partition coefficient (Wildman–Crippen LogP) is 2.64. The number of benzene rings is 2. The molecule has 3 aromatic rings. The van der Waals surface area contributed by atoms with Crippen molar-refractivity contribution in [2.24, 2.45) is 0 Å². The molecule has 152 valence electrons. The maximum atomic E-state index is 13.2. The normalized spacial score (nSPS) is 18.0. The Morgan fingerprint density at radius 2 is 1.83 bits per heavy atom. The third kappa shape index (κ3) is 3.79. The zero-order chi connectivity index (χ0) is 21.1. The quantitative estimate of drug-likeness (QED) is 0.451. The maximum absolute atomic E-state index is 13.2. The molecule has 1 aliphatic rings. The standard InChI is InChI=1S/C21H17FN4O3S/c22-17-7-1-14(2-8-17)11-26(13-27)12-21(19(28)24-20(29)25-21)16-5-3-15(4-6-16)18-23-9-10-30-18/h1-10,13H,11-12H2,(H2,24,25,28,29)/t21-/m0/s1. The Balaban J connectivity index is 1.63. The summed E-state index contributed by atoms with van der Waals surface area (Å²) in [5, 5.41) is 7.63. The number of hydrogen-bond donors (Lipinski definition) is 2. The smallest absolute Gasteiger partial charge is 0.322 e. The van der Waals surface area contributed by atoms with Gasteiger partial charge in [-0.2, -0.15) is 0 Å². The van der Waals surface area contributed by atoms with Gasteiger partial charge in [-0.25, -0.2) is 14.2 Å². The number of hydrogen-bond acceptors (Lipinski definition) is 5. The lowest BCUT2D eigenvalue weighted by Gasteiger charge is -2.31. The fourth-order valence-electron chi connectivity index (χ4n) is 3.42. The molecule has 4 amide bonds. The van der Waals surface area contributed by atoms with E-state index in [0.29, 0.717) is 17.5 Å². The van der Waals surface area contributed by atoms with Gasteiger partial charge in [-0.1, -0.05) is 36.4 Å². The summed E-state index contributed by atoms with van der Waals surface area (Å²) in [7, 11) is 0. The van der Waals surface area contributed by atoms with Crippen LogP contribution in [0.4, 0.5) is 9.18 Å². The highest BCUT2D eigenvalue weighted by Crippen LogP contribution is 2.30. The van der Waals surface area contributed by atoms with Crippen molar-refractivity contribution in [3.63, 3.8) is 0 Å². The molecular formula is C21H17FN4O3S. The summed E-state index contributed by atoms with van der Waals surface area (Å²) in [5.41, 5.74) is 0.686. The van der Waals surface area contributed by atoms with E-state index in [2.05, 4.69) is 15.6 Å². The van der Waals surface area contributed by atoms with Gasteiger partial charge >= 0.3 is 6.03 Å². The van der Waals surface area contributed by atoms with Crippen molar-refractivity contribution in [1.29, 1.82) is 0 Å². The van der Waals surface area contributed by atoms with E-state index in [0.717, 1.165) is 10.6 Å². The first-order chi connectivity index (χ1) is 14.5. The van der Waals surface area contributed by atoms with Gasteiger partial charge in [0.1, 0.15) is 10.8 Å². The molecule has 0 aliphatic carbocycles. The van der Waals surface area contributed by atoms with Crippen LogP contribution in [0.15, 0.2) is 60.1 Å². The largest absolute Gasteiger partial charge is 0.338 e. The molecule has 0 spiro atoms. The maximum Gasteiger partial charge on any atom is 0.322 e. The Hall–Kier alpha value is -3.59. The minimum atomic E-state index is -1.43. The molecule has 1 fully saturated rings. The van der Waals surface area contributed by atoms with E-state index in [1.807, 2.05) is 17.5 Å². The first-order valence-corrected chi connectivity index (χ1v) is 9.96. The molecular weight excluding hydrogens is 407 g/mol. The summed E-state index contributed by atoms with van der Waals surface area (Å²) in [6.45, 7) is 0.0773. The zero-order valence-corrected chi connectivity index (χ0v) is 16.5. The number of nitrogens with zero attached hydrogens (tertiary/aromatic N) is 2. The number of nitrogens with one attached hydrogen (secondary N) is 2. The molecule has 0 saturated carbocycles. The second kappa shape index (κ2) is 8.03. The Kier molecular flexibility index (Phi) is 5.28. The summed E-state index contributed by atoms with van der Waals surface area (Å²) in [4.78, 5) is 42.1. The molecule has 9 heteroatoms. The molecule has 2 heterocycles.